The van der Waals surface area contributed by atoms with Gasteiger partial charge in [0.2, 0.25) is 10.0 Å². The summed E-state index contributed by atoms with van der Waals surface area (Å²) in [7, 11) is -3.36. The third-order valence-electron chi connectivity index (χ3n) is 1.25. The molecule has 0 N–H and O–H groups in total. The second kappa shape index (κ2) is 3.33. The molecule has 5 heteroatoms. The van der Waals surface area contributed by atoms with E-state index >= 15 is 0 Å². The molecule has 66 valence electrons. The Bertz CT molecular complexity index is 349. The number of para-hydroxylation sites is 1. The fourth-order valence-electron chi connectivity index (χ4n) is 0.737. The van der Waals surface area contributed by atoms with E-state index in [-0.39, 0.29) is 0 Å². The van der Waals surface area contributed by atoms with Crippen LogP contribution in [0.25, 0.3) is 0 Å². The molecule has 0 bridgehead atoms. The van der Waals surface area contributed by atoms with E-state index in [1.807, 2.05) is 0 Å². The van der Waals surface area contributed by atoms with Crippen LogP contribution in [0.2, 0.25) is 0 Å². The van der Waals surface area contributed by atoms with Gasteiger partial charge in [-0.2, -0.15) is 3.82 Å². The van der Waals surface area contributed by atoms with Crippen LogP contribution in [0.4, 0.5) is 5.69 Å². The molecule has 0 aliphatic carbocycles. The molecular formula is C7H8ClNO2S. The topological polar surface area (TPSA) is 37.4 Å². The molecule has 3 nitrogen and oxygen atoms in total. The Morgan fingerprint density at radius 1 is 1.25 bits per heavy atom. The molecule has 1 rings (SSSR count). The van der Waals surface area contributed by atoms with Gasteiger partial charge >= 0.3 is 0 Å². The van der Waals surface area contributed by atoms with Gasteiger partial charge in [0.1, 0.15) is 0 Å². The monoisotopic (exact) mass is 205 g/mol. The van der Waals surface area contributed by atoms with Gasteiger partial charge in [-0.1, -0.05) is 18.2 Å². The molecule has 0 saturated carbocycles. The summed E-state index contributed by atoms with van der Waals surface area (Å²) < 4.78 is 22.6. The summed E-state index contributed by atoms with van der Waals surface area (Å²) in [5.74, 6) is 0. The van der Waals surface area contributed by atoms with E-state index in [0.717, 1.165) is 6.26 Å². The van der Waals surface area contributed by atoms with E-state index in [2.05, 4.69) is 0 Å². The van der Waals surface area contributed by atoms with Gasteiger partial charge in [-0.3, -0.25) is 0 Å². The predicted molar refractivity (Wildman–Crippen MR) is 49.6 cm³/mol. The van der Waals surface area contributed by atoms with E-state index in [9.17, 15) is 8.42 Å². The summed E-state index contributed by atoms with van der Waals surface area (Å²) in [4.78, 5) is 0. The molecule has 0 unspecified atom stereocenters. The molecule has 0 atom stereocenters. The van der Waals surface area contributed by atoms with Gasteiger partial charge in [0.05, 0.1) is 11.9 Å². The van der Waals surface area contributed by atoms with E-state index < -0.39 is 10.0 Å². The lowest BCUT2D eigenvalue weighted by Crippen LogP contribution is -2.18. The average Bonchev–Trinajstić information content (AvgIpc) is 2.03. The maximum atomic E-state index is 10.9. The Labute approximate surface area is 76.7 Å². The lowest BCUT2D eigenvalue weighted by atomic mass is 10.3. The van der Waals surface area contributed by atoms with E-state index in [4.69, 9.17) is 11.8 Å². The number of benzene rings is 1. The van der Waals surface area contributed by atoms with Gasteiger partial charge in [-0.05, 0) is 12.1 Å². The second-order valence-electron chi connectivity index (χ2n) is 2.31. The fourth-order valence-corrected chi connectivity index (χ4v) is 1.35. The number of sulfonamides is 1. The molecule has 0 aliphatic heterocycles. The summed E-state index contributed by atoms with van der Waals surface area (Å²) in [5.41, 5.74) is 0.446. The summed E-state index contributed by atoms with van der Waals surface area (Å²) in [5, 5.41) is 0. The van der Waals surface area contributed by atoms with Crippen molar-refractivity contribution >= 4 is 27.5 Å². The highest BCUT2D eigenvalue weighted by molar-refractivity contribution is 7.93. The highest BCUT2D eigenvalue weighted by atomic mass is 35.5. The minimum atomic E-state index is -3.36. The molecule has 0 aliphatic rings. The summed E-state index contributed by atoms with van der Waals surface area (Å²) >= 11 is 5.53. The Hall–Kier alpha value is -0.740. The van der Waals surface area contributed by atoms with Gasteiger partial charge in [0.15, 0.2) is 0 Å². The number of anilines is 1. The first-order chi connectivity index (χ1) is 5.52. The van der Waals surface area contributed by atoms with Crippen LogP contribution in [-0.4, -0.2) is 14.7 Å². The van der Waals surface area contributed by atoms with Crippen LogP contribution in [0.1, 0.15) is 0 Å². The Morgan fingerprint density at radius 3 is 2.17 bits per heavy atom. The standard InChI is InChI=1S/C7H8ClNO2S/c1-12(10,11)9(8)7-5-3-2-4-6-7/h2-6H,1H3. The molecular weight excluding hydrogens is 198 g/mol. The quantitative estimate of drug-likeness (QED) is 0.688. The van der Waals surface area contributed by atoms with Crippen LogP contribution in [0.3, 0.4) is 0 Å². The van der Waals surface area contributed by atoms with Gasteiger partial charge in [-0.25, -0.2) is 8.42 Å². The first-order valence-corrected chi connectivity index (χ1v) is 5.41. The average molecular weight is 206 g/mol. The minimum absolute atomic E-state index is 0.446. The van der Waals surface area contributed by atoms with E-state index in [1.165, 1.54) is 0 Å². The number of hydrogen-bond donors (Lipinski definition) is 0. The number of rotatable bonds is 2. The SMILES string of the molecule is CS(=O)(=O)N(Cl)c1ccccc1. The van der Waals surface area contributed by atoms with Crippen LogP contribution in [0.15, 0.2) is 30.3 Å². The number of halogens is 1. The van der Waals surface area contributed by atoms with Crippen LogP contribution >= 0.6 is 11.8 Å². The summed E-state index contributed by atoms with van der Waals surface area (Å²) in [6.45, 7) is 0. The van der Waals surface area contributed by atoms with E-state index in [1.54, 1.807) is 30.3 Å². The Kier molecular flexibility index (Phi) is 2.59. The molecule has 0 aromatic heterocycles. The molecule has 0 radical (unpaired) electrons. The zero-order chi connectivity index (χ0) is 9.19. The van der Waals surface area contributed by atoms with Crippen molar-refractivity contribution in [3.8, 4) is 0 Å². The molecule has 0 spiro atoms. The molecule has 0 amide bonds. The Morgan fingerprint density at radius 2 is 1.75 bits per heavy atom. The molecule has 1 aromatic carbocycles. The van der Waals surface area contributed by atoms with E-state index in [0.29, 0.717) is 9.51 Å². The van der Waals surface area contributed by atoms with Crippen LogP contribution in [0, 0.1) is 0 Å². The first-order valence-electron chi connectivity index (χ1n) is 3.23. The lowest BCUT2D eigenvalue weighted by Gasteiger charge is -2.11. The van der Waals surface area contributed by atoms with Crippen LogP contribution in [-0.2, 0) is 10.0 Å². The maximum absolute atomic E-state index is 10.9. The smallest absolute Gasteiger partial charge is 0.205 e. The molecule has 0 fully saturated rings. The maximum Gasteiger partial charge on any atom is 0.246 e. The number of nitrogens with zero attached hydrogens (tertiary/aromatic N) is 1. The lowest BCUT2D eigenvalue weighted by molar-refractivity contribution is 0.603. The van der Waals surface area contributed by atoms with Gasteiger partial charge < -0.3 is 0 Å². The molecule has 12 heavy (non-hydrogen) atoms. The summed E-state index contributed by atoms with van der Waals surface area (Å²) in [6, 6.07) is 8.46. The minimum Gasteiger partial charge on any atom is -0.205 e. The third-order valence-corrected chi connectivity index (χ3v) is 2.99. The normalized spacial score (nSPS) is 11.2. The predicted octanol–water partition coefficient (Wildman–Crippen LogP) is 1.61. The van der Waals surface area contributed by atoms with Gasteiger partial charge in [0.25, 0.3) is 0 Å². The van der Waals surface area contributed by atoms with Crippen molar-refractivity contribution in [1.82, 2.24) is 0 Å². The second-order valence-corrected chi connectivity index (χ2v) is 4.68. The van der Waals surface area contributed by atoms with Crippen LogP contribution in [0.5, 0.6) is 0 Å². The van der Waals surface area contributed by atoms with Gasteiger partial charge in [-0.15, -0.1) is 0 Å². The Balaban J connectivity index is 3.02. The van der Waals surface area contributed by atoms with Crippen LogP contribution < -0.4 is 3.82 Å². The fraction of sp³-hybridized carbons (Fsp3) is 0.143. The summed E-state index contributed by atoms with van der Waals surface area (Å²) in [6.07, 6.45) is 1.05. The van der Waals surface area contributed by atoms with Crippen molar-refractivity contribution in [2.45, 2.75) is 0 Å². The molecule has 1 aromatic rings. The zero-order valence-corrected chi connectivity index (χ0v) is 8.01. The highest BCUT2D eigenvalue weighted by Crippen LogP contribution is 2.18. The van der Waals surface area contributed by atoms with Crippen molar-refractivity contribution in [3.63, 3.8) is 0 Å². The largest absolute Gasteiger partial charge is 0.246 e. The van der Waals surface area contributed by atoms with Crippen molar-refractivity contribution in [2.24, 2.45) is 0 Å². The highest BCUT2D eigenvalue weighted by Gasteiger charge is 2.13. The third kappa shape index (κ3) is 2.12. The molecule has 0 heterocycles. The van der Waals surface area contributed by atoms with Crippen molar-refractivity contribution < 1.29 is 8.42 Å². The first kappa shape index (κ1) is 9.35. The van der Waals surface area contributed by atoms with Crippen molar-refractivity contribution in [2.75, 3.05) is 10.1 Å². The molecule has 0 saturated heterocycles. The number of hydrogen-bond acceptors (Lipinski definition) is 2. The zero-order valence-electron chi connectivity index (χ0n) is 6.44. The van der Waals surface area contributed by atoms with Gasteiger partial charge in [0, 0.05) is 11.8 Å². The van der Waals surface area contributed by atoms with Crippen molar-refractivity contribution in [3.05, 3.63) is 30.3 Å². The van der Waals surface area contributed by atoms with Crippen molar-refractivity contribution in [1.29, 1.82) is 0 Å².